The lowest BCUT2D eigenvalue weighted by atomic mass is 10.1. The van der Waals surface area contributed by atoms with Crippen molar-refractivity contribution in [3.63, 3.8) is 0 Å². The van der Waals surface area contributed by atoms with E-state index < -0.39 is 0 Å². The minimum absolute atomic E-state index is 0.309. The molecule has 100 valence electrons. The molecular formula is C16H17BrIN. The number of hydrogen-bond acceptors (Lipinski definition) is 1. The van der Waals surface area contributed by atoms with E-state index in [4.69, 9.17) is 0 Å². The summed E-state index contributed by atoms with van der Waals surface area (Å²) in [6.07, 6.45) is 1.03. The second-order valence-electron chi connectivity index (χ2n) is 4.57. The maximum Gasteiger partial charge on any atom is 0.0485 e. The van der Waals surface area contributed by atoms with Gasteiger partial charge in [0.15, 0.2) is 0 Å². The highest BCUT2D eigenvalue weighted by molar-refractivity contribution is 14.1. The fraction of sp³-hybridized carbons (Fsp3) is 0.250. The molecule has 0 fully saturated rings. The van der Waals surface area contributed by atoms with Crippen molar-refractivity contribution in [2.45, 2.75) is 26.3 Å². The van der Waals surface area contributed by atoms with E-state index in [2.05, 4.69) is 100 Å². The second-order valence-corrected chi connectivity index (χ2v) is 6.73. The maximum atomic E-state index is 3.60. The van der Waals surface area contributed by atoms with E-state index in [1.165, 1.54) is 20.4 Å². The monoisotopic (exact) mass is 429 g/mol. The van der Waals surface area contributed by atoms with Crippen molar-refractivity contribution in [1.29, 1.82) is 0 Å². The number of benzene rings is 2. The number of hydrogen-bond donors (Lipinski definition) is 1. The summed E-state index contributed by atoms with van der Waals surface area (Å²) in [5.41, 5.74) is 3.87. The van der Waals surface area contributed by atoms with Gasteiger partial charge < -0.3 is 5.32 Å². The average Bonchev–Trinajstić information content (AvgIpc) is 2.41. The quantitative estimate of drug-likeness (QED) is 0.606. The fourth-order valence-corrected chi connectivity index (χ4v) is 2.83. The molecule has 1 N–H and O–H groups in total. The number of halogens is 2. The summed E-state index contributed by atoms with van der Waals surface area (Å²) in [6, 6.07) is 15.4. The molecule has 0 aliphatic rings. The van der Waals surface area contributed by atoms with Gasteiger partial charge in [-0.15, -0.1) is 0 Å². The molecule has 0 heterocycles. The van der Waals surface area contributed by atoms with Gasteiger partial charge in [0.05, 0.1) is 0 Å². The van der Waals surface area contributed by atoms with E-state index in [0.29, 0.717) is 6.04 Å². The topological polar surface area (TPSA) is 12.0 Å². The Hall–Kier alpha value is -0.550. The van der Waals surface area contributed by atoms with Crippen LogP contribution in [-0.2, 0) is 6.42 Å². The lowest BCUT2D eigenvalue weighted by molar-refractivity contribution is 0.879. The Bertz CT molecular complexity index is 551. The first-order valence-electron chi connectivity index (χ1n) is 6.40. The van der Waals surface area contributed by atoms with Crippen LogP contribution in [0.3, 0.4) is 0 Å². The van der Waals surface area contributed by atoms with Gasteiger partial charge >= 0.3 is 0 Å². The van der Waals surface area contributed by atoms with Crippen LogP contribution in [-0.4, -0.2) is 0 Å². The molecule has 0 spiro atoms. The zero-order valence-electron chi connectivity index (χ0n) is 11.1. The van der Waals surface area contributed by atoms with Gasteiger partial charge in [0.2, 0.25) is 0 Å². The van der Waals surface area contributed by atoms with Crippen molar-refractivity contribution >= 4 is 44.2 Å². The van der Waals surface area contributed by atoms with E-state index in [9.17, 15) is 0 Å². The van der Waals surface area contributed by atoms with Crippen molar-refractivity contribution in [2.75, 3.05) is 5.32 Å². The SMILES string of the molecule is CCc1cc(Br)ccc1NC(C)c1ccc(I)cc1. The van der Waals surface area contributed by atoms with Crippen LogP contribution in [0.15, 0.2) is 46.9 Å². The highest BCUT2D eigenvalue weighted by Crippen LogP contribution is 2.26. The zero-order valence-corrected chi connectivity index (χ0v) is 14.8. The number of nitrogens with one attached hydrogen (secondary N) is 1. The van der Waals surface area contributed by atoms with Gasteiger partial charge in [-0.25, -0.2) is 0 Å². The largest absolute Gasteiger partial charge is 0.378 e. The van der Waals surface area contributed by atoms with Crippen LogP contribution >= 0.6 is 38.5 Å². The summed E-state index contributed by atoms with van der Waals surface area (Å²) in [6.45, 7) is 4.38. The van der Waals surface area contributed by atoms with Gasteiger partial charge in [-0.3, -0.25) is 0 Å². The molecule has 0 bridgehead atoms. The third-order valence-electron chi connectivity index (χ3n) is 3.19. The average molecular weight is 430 g/mol. The molecule has 3 heteroatoms. The van der Waals surface area contributed by atoms with Crippen molar-refractivity contribution in [1.82, 2.24) is 0 Å². The maximum absolute atomic E-state index is 3.60. The predicted molar refractivity (Wildman–Crippen MR) is 94.7 cm³/mol. The van der Waals surface area contributed by atoms with E-state index in [1.807, 2.05) is 0 Å². The van der Waals surface area contributed by atoms with E-state index >= 15 is 0 Å². The summed E-state index contributed by atoms with van der Waals surface area (Å²) in [5.74, 6) is 0. The second kappa shape index (κ2) is 6.75. The molecular weight excluding hydrogens is 413 g/mol. The van der Waals surface area contributed by atoms with E-state index in [-0.39, 0.29) is 0 Å². The van der Waals surface area contributed by atoms with Crippen LogP contribution < -0.4 is 5.32 Å². The lowest BCUT2D eigenvalue weighted by Crippen LogP contribution is -2.08. The van der Waals surface area contributed by atoms with Gasteiger partial charge in [0, 0.05) is 19.8 Å². The third kappa shape index (κ3) is 3.96. The molecule has 0 aromatic heterocycles. The molecule has 19 heavy (non-hydrogen) atoms. The Balaban J connectivity index is 2.18. The molecule has 1 atom stereocenters. The highest BCUT2D eigenvalue weighted by Gasteiger charge is 2.08. The molecule has 2 rings (SSSR count). The summed E-state index contributed by atoms with van der Waals surface area (Å²) in [7, 11) is 0. The molecule has 0 amide bonds. The molecule has 2 aromatic carbocycles. The van der Waals surface area contributed by atoms with Crippen LogP contribution in [0, 0.1) is 3.57 Å². The lowest BCUT2D eigenvalue weighted by Gasteiger charge is -2.18. The number of anilines is 1. The van der Waals surface area contributed by atoms with Gasteiger partial charge in [-0.2, -0.15) is 0 Å². The molecule has 0 radical (unpaired) electrons. The van der Waals surface area contributed by atoms with Crippen LogP contribution in [0.25, 0.3) is 0 Å². The standard InChI is InChI=1S/C16H17BrIN/c1-3-12-10-14(17)6-9-16(12)19-11(2)13-4-7-15(18)8-5-13/h4-11,19H,3H2,1-2H3. The third-order valence-corrected chi connectivity index (χ3v) is 4.40. The number of rotatable bonds is 4. The van der Waals surface area contributed by atoms with Gasteiger partial charge in [-0.1, -0.05) is 35.0 Å². The van der Waals surface area contributed by atoms with Crippen LogP contribution in [0.2, 0.25) is 0 Å². The van der Waals surface area contributed by atoms with Crippen LogP contribution in [0.5, 0.6) is 0 Å². The van der Waals surface area contributed by atoms with Crippen molar-refractivity contribution in [3.8, 4) is 0 Å². The van der Waals surface area contributed by atoms with Crippen LogP contribution in [0.4, 0.5) is 5.69 Å². The fourth-order valence-electron chi connectivity index (χ4n) is 2.06. The minimum atomic E-state index is 0.309. The molecule has 2 aromatic rings. The number of aryl methyl sites for hydroxylation is 1. The Kier molecular flexibility index (Phi) is 5.28. The predicted octanol–water partition coefficient (Wildman–Crippen LogP) is 5.79. The summed E-state index contributed by atoms with van der Waals surface area (Å²) in [4.78, 5) is 0. The summed E-state index contributed by atoms with van der Waals surface area (Å²) < 4.78 is 2.41. The molecule has 0 saturated carbocycles. The van der Waals surface area contributed by atoms with Crippen molar-refractivity contribution in [2.24, 2.45) is 0 Å². The smallest absolute Gasteiger partial charge is 0.0485 e. The zero-order chi connectivity index (χ0) is 13.8. The van der Waals surface area contributed by atoms with Gasteiger partial charge in [0.25, 0.3) is 0 Å². The Morgan fingerprint density at radius 3 is 2.47 bits per heavy atom. The van der Waals surface area contributed by atoms with Crippen molar-refractivity contribution in [3.05, 3.63) is 61.6 Å². The molecule has 0 aliphatic carbocycles. The normalized spacial score (nSPS) is 12.2. The Morgan fingerprint density at radius 1 is 1.16 bits per heavy atom. The molecule has 0 saturated heterocycles. The highest BCUT2D eigenvalue weighted by atomic mass is 127. The van der Waals surface area contributed by atoms with Crippen molar-refractivity contribution < 1.29 is 0 Å². The van der Waals surface area contributed by atoms with Gasteiger partial charge in [0.1, 0.15) is 0 Å². The first-order chi connectivity index (χ1) is 9.10. The van der Waals surface area contributed by atoms with E-state index in [0.717, 1.165) is 10.9 Å². The Morgan fingerprint density at radius 2 is 1.84 bits per heavy atom. The summed E-state index contributed by atoms with van der Waals surface area (Å²) in [5, 5.41) is 3.60. The molecule has 1 nitrogen and oxygen atoms in total. The first kappa shape index (κ1) is 14.9. The van der Waals surface area contributed by atoms with E-state index in [1.54, 1.807) is 0 Å². The Labute approximate surface area is 137 Å². The molecule has 1 unspecified atom stereocenters. The van der Waals surface area contributed by atoms with Gasteiger partial charge in [-0.05, 0) is 77.4 Å². The van der Waals surface area contributed by atoms with Crippen LogP contribution in [0.1, 0.15) is 31.0 Å². The first-order valence-corrected chi connectivity index (χ1v) is 8.27. The molecule has 0 aliphatic heterocycles. The summed E-state index contributed by atoms with van der Waals surface area (Å²) >= 11 is 5.86. The minimum Gasteiger partial charge on any atom is -0.378 e.